The fourth-order valence-corrected chi connectivity index (χ4v) is 3.69. The number of amides is 2. The van der Waals surface area contributed by atoms with Gasteiger partial charge in [-0.2, -0.15) is 0 Å². The summed E-state index contributed by atoms with van der Waals surface area (Å²) in [5, 5.41) is 2.94. The van der Waals surface area contributed by atoms with Crippen LogP contribution >= 0.6 is 0 Å². The van der Waals surface area contributed by atoms with E-state index in [-0.39, 0.29) is 30.3 Å². The predicted octanol–water partition coefficient (Wildman–Crippen LogP) is 4.09. The van der Waals surface area contributed by atoms with Crippen molar-refractivity contribution in [2.45, 2.75) is 51.7 Å². The number of carbonyl (C=O) groups excluding carboxylic acids is 2. The van der Waals surface area contributed by atoms with Gasteiger partial charge in [-0.25, -0.2) is 0 Å². The second-order valence-electron chi connectivity index (χ2n) is 7.82. The van der Waals surface area contributed by atoms with E-state index < -0.39 is 0 Å². The lowest BCUT2D eigenvalue weighted by Gasteiger charge is -2.31. The van der Waals surface area contributed by atoms with Crippen molar-refractivity contribution >= 4 is 11.8 Å². The third-order valence-electron chi connectivity index (χ3n) is 5.59. The molecule has 2 unspecified atom stereocenters. The number of carbonyl (C=O) groups is 2. The van der Waals surface area contributed by atoms with Crippen LogP contribution in [0.1, 0.15) is 50.3 Å². The molecule has 0 aromatic heterocycles. The molecule has 29 heavy (non-hydrogen) atoms. The Labute approximate surface area is 173 Å². The molecule has 3 rings (SSSR count). The van der Waals surface area contributed by atoms with Crippen molar-refractivity contribution in [1.29, 1.82) is 0 Å². The molecule has 1 aliphatic rings. The predicted molar refractivity (Wildman–Crippen MR) is 113 cm³/mol. The van der Waals surface area contributed by atoms with Gasteiger partial charge in [-0.05, 0) is 48.9 Å². The lowest BCUT2D eigenvalue weighted by atomic mass is 10.0. The summed E-state index contributed by atoms with van der Waals surface area (Å²) in [5.41, 5.74) is 2.02. The second kappa shape index (κ2) is 9.59. The fraction of sp³-hybridized carbons (Fsp3) is 0.417. The van der Waals surface area contributed by atoms with Gasteiger partial charge < -0.3 is 15.0 Å². The van der Waals surface area contributed by atoms with Crippen LogP contribution in [0, 0.1) is 5.92 Å². The molecule has 2 amide bonds. The molecule has 2 atom stereocenters. The largest absolute Gasteiger partial charge is 0.497 e. The zero-order chi connectivity index (χ0) is 20.8. The lowest BCUT2D eigenvalue weighted by Crippen LogP contribution is -2.41. The summed E-state index contributed by atoms with van der Waals surface area (Å²) >= 11 is 0. The van der Waals surface area contributed by atoms with E-state index >= 15 is 0 Å². The van der Waals surface area contributed by atoms with E-state index in [1.165, 1.54) is 19.8 Å². The number of benzene rings is 2. The number of nitrogens with zero attached hydrogens (tertiary/aromatic N) is 1. The van der Waals surface area contributed by atoms with Gasteiger partial charge in [0.25, 0.3) is 0 Å². The van der Waals surface area contributed by atoms with Crippen LogP contribution in [0.3, 0.4) is 0 Å². The molecule has 0 spiro atoms. The highest BCUT2D eigenvalue weighted by Crippen LogP contribution is 2.36. The highest BCUT2D eigenvalue weighted by atomic mass is 16.5. The zero-order valence-electron chi connectivity index (χ0n) is 17.4. The van der Waals surface area contributed by atoms with Crippen molar-refractivity contribution in [3.63, 3.8) is 0 Å². The normalized spacial score (nSPS) is 15.3. The summed E-state index contributed by atoms with van der Waals surface area (Å²) in [4.78, 5) is 27.1. The molecule has 1 N–H and O–H groups in total. The van der Waals surface area contributed by atoms with Gasteiger partial charge in [0.05, 0.1) is 19.6 Å². The summed E-state index contributed by atoms with van der Waals surface area (Å²) in [6.45, 7) is 4.18. The Balaban J connectivity index is 1.77. The van der Waals surface area contributed by atoms with Crippen LogP contribution in [0.4, 0.5) is 0 Å². The molecule has 5 nitrogen and oxygen atoms in total. The minimum absolute atomic E-state index is 0.0582. The van der Waals surface area contributed by atoms with Crippen LogP contribution in [0.15, 0.2) is 54.6 Å². The van der Waals surface area contributed by atoms with Crippen molar-refractivity contribution < 1.29 is 14.3 Å². The Morgan fingerprint density at radius 1 is 1.10 bits per heavy atom. The number of rotatable bonds is 9. The van der Waals surface area contributed by atoms with Crippen LogP contribution in [0.25, 0.3) is 0 Å². The number of hydrogen-bond donors (Lipinski definition) is 1. The van der Waals surface area contributed by atoms with Crippen LogP contribution < -0.4 is 10.1 Å². The molecular weight excluding hydrogens is 364 g/mol. The first-order valence-electron chi connectivity index (χ1n) is 10.2. The van der Waals surface area contributed by atoms with E-state index in [2.05, 4.69) is 12.2 Å². The number of hydrogen-bond acceptors (Lipinski definition) is 3. The van der Waals surface area contributed by atoms with E-state index in [0.717, 1.165) is 16.9 Å². The van der Waals surface area contributed by atoms with E-state index in [1.807, 2.05) is 59.5 Å². The van der Waals surface area contributed by atoms with Crippen molar-refractivity contribution in [3.05, 3.63) is 65.7 Å². The third kappa shape index (κ3) is 5.83. The van der Waals surface area contributed by atoms with Crippen molar-refractivity contribution in [2.24, 2.45) is 5.92 Å². The number of methoxy groups -OCH3 is 1. The number of nitrogens with one attached hydrogen (secondary N) is 1. The highest BCUT2D eigenvalue weighted by Gasteiger charge is 2.35. The van der Waals surface area contributed by atoms with Crippen LogP contribution in [-0.4, -0.2) is 29.9 Å². The smallest absolute Gasteiger partial charge is 0.225 e. The molecule has 1 fully saturated rings. The Bertz CT molecular complexity index is 816. The monoisotopic (exact) mass is 394 g/mol. The Morgan fingerprint density at radius 2 is 1.76 bits per heavy atom. The maximum Gasteiger partial charge on any atom is 0.225 e. The summed E-state index contributed by atoms with van der Waals surface area (Å²) in [7, 11) is 1.64. The Morgan fingerprint density at radius 3 is 2.31 bits per heavy atom. The fourth-order valence-electron chi connectivity index (χ4n) is 3.69. The number of ether oxygens (including phenoxy) is 1. The molecule has 0 radical (unpaired) electrons. The average Bonchev–Trinajstić information content (AvgIpc) is 3.57. The molecule has 1 saturated carbocycles. The van der Waals surface area contributed by atoms with Gasteiger partial charge in [0.15, 0.2) is 0 Å². The van der Waals surface area contributed by atoms with Crippen molar-refractivity contribution in [2.75, 3.05) is 7.11 Å². The first kappa shape index (κ1) is 20.9. The maximum absolute atomic E-state index is 13.4. The molecule has 0 saturated heterocycles. The minimum atomic E-state index is -0.328. The van der Waals surface area contributed by atoms with E-state index in [1.54, 1.807) is 7.11 Å². The Kier molecular flexibility index (Phi) is 6.91. The van der Waals surface area contributed by atoms with Crippen molar-refractivity contribution in [1.82, 2.24) is 10.2 Å². The quantitative estimate of drug-likeness (QED) is 0.697. The molecule has 2 aromatic carbocycles. The standard InChI is InChI=1S/C24H30N2O3/c1-17(20-11-12-20)26(16-19-9-13-22(29-3)14-10-19)24(28)15-23(25-18(2)27)21-7-5-4-6-8-21/h4-10,13-14,17,20,23H,11-12,15-16H2,1-3H3,(H,25,27). The van der Waals surface area contributed by atoms with Gasteiger partial charge in [-0.15, -0.1) is 0 Å². The average molecular weight is 395 g/mol. The topological polar surface area (TPSA) is 58.6 Å². The molecule has 1 aliphatic carbocycles. The first-order chi connectivity index (χ1) is 14.0. The van der Waals surface area contributed by atoms with Crippen LogP contribution in [0.2, 0.25) is 0 Å². The van der Waals surface area contributed by atoms with Gasteiger partial charge in [-0.1, -0.05) is 42.5 Å². The molecule has 0 heterocycles. The Hall–Kier alpha value is -2.82. The minimum Gasteiger partial charge on any atom is -0.497 e. The van der Waals surface area contributed by atoms with Gasteiger partial charge in [0, 0.05) is 19.5 Å². The van der Waals surface area contributed by atoms with Crippen LogP contribution in [-0.2, 0) is 16.1 Å². The molecule has 154 valence electrons. The summed E-state index contributed by atoms with van der Waals surface area (Å²) in [6.07, 6.45) is 2.58. The molecule has 2 aromatic rings. The van der Waals surface area contributed by atoms with Gasteiger partial charge >= 0.3 is 0 Å². The first-order valence-corrected chi connectivity index (χ1v) is 10.2. The summed E-state index contributed by atoms with van der Waals surface area (Å²) in [6, 6.07) is 17.4. The zero-order valence-corrected chi connectivity index (χ0v) is 17.4. The van der Waals surface area contributed by atoms with E-state index in [4.69, 9.17) is 4.74 Å². The van der Waals surface area contributed by atoms with E-state index in [9.17, 15) is 9.59 Å². The van der Waals surface area contributed by atoms with Gasteiger partial charge in [-0.3, -0.25) is 9.59 Å². The van der Waals surface area contributed by atoms with Crippen LogP contribution in [0.5, 0.6) is 5.75 Å². The maximum atomic E-state index is 13.4. The lowest BCUT2D eigenvalue weighted by molar-refractivity contribution is -0.135. The molecule has 5 heteroatoms. The van der Waals surface area contributed by atoms with Gasteiger partial charge in [0.1, 0.15) is 5.75 Å². The second-order valence-corrected chi connectivity index (χ2v) is 7.82. The summed E-state index contributed by atoms with van der Waals surface area (Å²) < 4.78 is 5.24. The van der Waals surface area contributed by atoms with Gasteiger partial charge in [0.2, 0.25) is 11.8 Å². The SMILES string of the molecule is COc1ccc(CN(C(=O)CC(NC(C)=O)c2ccccc2)C(C)C2CC2)cc1. The van der Waals surface area contributed by atoms with Crippen molar-refractivity contribution in [3.8, 4) is 5.75 Å². The van der Waals surface area contributed by atoms with E-state index in [0.29, 0.717) is 12.5 Å². The highest BCUT2D eigenvalue weighted by molar-refractivity contribution is 5.79. The molecule has 0 bridgehead atoms. The molecular formula is C24H30N2O3. The third-order valence-corrected chi connectivity index (χ3v) is 5.59. The molecule has 0 aliphatic heterocycles. The summed E-state index contributed by atoms with van der Waals surface area (Å²) in [5.74, 6) is 1.29.